The van der Waals surface area contributed by atoms with Gasteiger partial charge in [-0.1, -0.05) is 23.4 Å². The number of anilines is 1. The Morgan fingerprint density at radius 3 is 2.66 bits per heavy atom. The second-order valence-corrected chi connectivity index (χ2v) is 9.77. The van der Waals surface area contributed by atoms with E-state index < -0.39 is 32.0 Å². The molecule has 1 amide bonds. The molecule has 168 valence electrons. The van der Waals surface area contributed by atoms with E-state index in [-0.39, 0.29) is 21.4 Å². The van der Waals surface area contributed by atoms with Gasteiger partial charge in [-0.05, 0) is 48.9 Å². The lowest BCUT2D eigenvalue weighted by Crippen LogP contribution is -2.20. The van der Waals surface area contributed by atoms with E-state index in [1.54, 1.807) is 12.1 Å². The van der Waals surface area contributed by atoms with Crippen LogP contribution in [0, 0.1) is 12.7 Å². The van der Waals surface area contributed by atoms with E-state index in [2.05, 4.69) is 15.3 Å². The van der Waals surface area contributed by atoms with E-state index in [1.165, 1.54) is 20.1 Å². The van der Waals surface area contributed by atoms with Crippen LogP contribution in [-0.2, 0) is 14.6 Å². The Morgan fingerprint density at radius 2 is 2.03 bits per heavy atom. The molecule has 3 aromatic rings. The molecule has 12 heteroatoms. The summed E-state index contributed by atoms with van der Waals surface area (Å²) in [6, 6.07) is 7.98. The maximum Gasteiger partial charge on any atom is 0.270 e. The predicted octanol–water partition coefficient (Wildman–Crippen LogP) is 3.44. The fourth-order valence-electron chi connectivity index (χ4n) is 2.62. The first-order valence-electron chi connectivity index (χ1n) is 8.98. The van der Waals surface area contributed by atoms with Crippen LogP contribution in [-0.4, -0.2) is 37.2 Å². The molecule has 3 rings (SSSR count). The number of halogens is 2. The second-order valence-electron chi connectivity index (χ2n) is 6.48. The molecule has 0 radical (unpaired) electrons. The summed E-state index contributed by atoms with van der Waals surface area (Å²) in [5.41, 5.74) is -0.308. The standard InChI is InChI=1S/C20H17ClFN3O5S2/c1-11-7-13(4-5-15(11)22)32(28,29)17-9-23-20(25-19(17)27)31-10-18(26)24-12-3-6-16(30-2)14(21)8-12/h3-9H,10H2,1-2H3,(H,24,26)(H,23,25,27). The first-order valence-corrected chi connectivity index (χ1v) is 11.8. The normalized spacial score (nSPS) is 11.2. The number of carbonyl (C=O) groups excluding carboxylic acids is 1. The Hall–Kier alpha value is -2.89. The van der Waals surface area contributed by atoms with E-state index in [0.717, 1.165) is 36.2 Å². The average Bonchev–Trinajstić information content (AvgIpc) is 2.74. The summed E-state index contributed by atoms with van der Waals surface area (Å²) in [6.45, 7) is 1.42. The Morgan fingerprint density at radius 1 is 1.28 bits per heavy atom. The summed E-state index contributed by atoms with van der Waals surface area (Å²) in [6.07, 6.45) is 0.913. The van der Waals surface area contributed by atoms with Crippen LogP contribution in [0.5, 0.6) is 5.75 Å². The maximum absolute atomic E-state index is 13.4. The zero-order valence-corrected chi connectivity index (χ0v) is 19.2. The molecule has 0 spiro atoms. The van der Waals surface area contributed by atoms with Crippen molar-refractivity contribution < 1.29 is 22.3 Å². The zero-order valence-electron chi connectivity index (χ0n) is 16.8. The minimum Gasteiger partial charge on any atom is -0.495 e. The third kappa shape index (κ3) is 5.29. The van der Waals surface area contributed by atoms with E-state index in [4.69, 9.17) is 16.3 Å². The molecular formula is C20H17ClFN3O5S2. The van der Waals surface area contributed by atoms with Gasteiger partial charge in [-0.15, -0.1) is 0 Å². The highest BCUT2D eigenvalue weighted by atomic mass is 35.5. The fraction of sp³-hybridized carbons (Fsp3) is 0.150. The Kier molecular flexibility index (Phi) is 7.22. The summed E-state index contributed by atoms with van der Waals surface area (Å²) in [4.78, 5) is 30.0. The topological polar surface area (TPSA) is 118 Å². The zero-order chi connectivity index (χ0) is 23.5. The molecule has 0 atom stereocenters. The third-order valence-electron chi connectivity index (χ3n) is 4.25. The van der Waals surface area contributed by atoms with Crippen molar-refractivity contribution in [2.75, 3.05) is 18.2 Å². The van der Waals surface area contributed by atoms with Gasteiger partial charge in [-0.3, -0.25) is 9.59 Å². The Bertz CT molecular complexity index is 1350. The summed E-state index contributed by atoms with van der Waals surface area (Å²) >= 11 is 6.93. The molecule has 0 aliphatic rings. The monoisotopic (exact) mass is 497 g/mol. The molecule has 0 unspecified atom stereocenters. The van der Waals surface area contributed by atoms with Crippen molar-refractivity contribution in [1.82, 2.24) is 9.97 Å². The number of hydrogen-bond acceptors (Lipinski definition) is 7. The Labute approximate surface area is 192 Å². The van der Waals surface area contributed by atoms with Crippen LogP contribution in [0.4, 0.5) is 10.1 Å². The summed E-state index contributed by atoms with van der Waals surface area (Å²) < 4.78 is 43.9. The molecule has 2 aromatic carbocycles. The number of nitrogens with one attached hydrogen (secondary N) is 2. The van der Waals surface area contributed by atoms with Crippen LogP contribution in [0.15, 0.2) is 62.3 Å². The number of ether oxygens (including phenoxy) is 1. The number of aromatic amines is 1. The lowest BCUT2D eigenvalue weighted by atomic mass is 10.2. The number of aromatic nitrogens is 2. The number of methoxy groups -OCH3 is 1. The number of benzene rings is 2. The molecule has 0 saturated heterocycles. The number of sulfone groups is 1. The first kappa shape index (κ1) is 23.8. The highest BCUT2D eigenvalue weighted by Gasteiger charge is 2.23. The van der Waals surface area contributed by atoms with Gasteiger partial charge in [0.15, 0.2) is 10.1 Å². The smallest absolute Gasteiger partial charge is 0.270 e. The van der Waals surface area contributed by atoms with Crippen LogP contribution in [0.2, 0.25) is 5.02 Å². The molecule has 32 heavy (non-hydrogen) atoms. The molecule has 0 bridgehead atoms. The number of H-pyrrole nitrogens is 1. The van der Waals surface area contributed by atoms with E-state index in [0.29, 0.717) is 16.5 Å². The van der Waals surface area contributed by atoms with Gasteiger partial charge in [0.1, 0.15) is 11.6 Å². The van der Waals surface area contributed by atoms with Crippen molar-refractivity contribution in [3.8, 4) is 5.75 Å². The van der Waals surface area contributed by atoms with Gasteiger partial charge in [0, 0.05) is 5.69 Å². The summed E-state index contributed by atoms with van der Waals surface area (Å²) in [7, 11) is -2.72. The van der Waals surface area contributed by atoms with Gasteiger partial charge in [-0.25, -0.2) is 17.8 Å². The minimum atomic E-state index is -4.19. The van der Waals surface area contributed by atoms with Crippen molar-refractivity contribution in [2.45, 2.75) is 21.9 Å². The number of amides is 1. The van der Waals surface area contributed by atoms with Gasteiger partial charge >= 0.3 is 0 Å². The quantitative estimate of drug-likeness (QED) is 0.291. The second kappa shape index (κ2) is 9.72. The van der Waals surface area contributed by atoms with Crippen molar-refractivity contribution in [3.63, 3.8) is 0 Å². The highest BCUT2D eigenvalue weighted by molar-refractivity contribution is 7.99. The van der Waals surface area contributed by atoms with E-state index in [9.17, 15) is 22.4 Å². The SMILES string of the molecule is COc1ccc(NC(=O)CSc2ncc(S(=O)(=O)c3ccc(F)c(C)c3)c(=O)[nH]2)cc1Cl. The maximum atomic E-state index is 13.4. The van der Waals surface area contributed by atoms with Crippen molar-refractivity contribution in [1.29, 1.82) is 0 Å². The largest absolute Gasteiger partial charge is 0.495 e. The molecule has 1 aromatic heterocycles. The third-order valence-corrected chi connectivity index (χ3v) is 7.18. The molecule has 2 N–H and O–H groups in total. The molecule has 0 aliphatic heterocycles. The van der Waals surface area contributed by atoms with E-state index >= 15 is 0 Å². The predicted molar refractivity (Wildman–Crippen MR) is 119 cm³/mol. The summed E-state index contributed by atoms with van der Waals surface area (Å²) in [5, 5.41) is 3.03. The van der Waals surface area contributed by atoms with Gasteiger partial charge in [-0.2, -0.15) is 0 Å². The Balaban J connectivity index is 1.70. The van der Waals surface area contributed by atoms with Gasteiger partial charge in [0.2, 0.25) is 15.7 Å². The van der Waals surface area contributed by atoms with Crippen LogP contribution < -0.4 is 15.6 Å². The van der Waals surface area contributed by atoms with Gasteiger partial charge < -0.3 is 15.0 Å². The number of carbonyl (C=O) groups is 1. The fourth-order valence-corrected chi connectivity index (χ4v) is 4.83. The number of thioether (sulfide) groups is 1. The average molecular weight is 498 g/mol. The van der Waals surface area contributed by atoms with Crippen LogP contribution in [0.1, 0.15) is 5.56 Å². The lowest BCUT2D eigenvalue weighted by molar-refractivity contribution is -0.113. The van der Waals surface area contributed by atoms with Crippen molar-refractivity contribution in [3.05, 3.63) is 69.4 Å². The van der Waals surface area contributed by atoms with Gasteiger partial charge in [0.05, 0.1) is 29.0 Å². The minimum absolute atomic E-state index is 0.0622. The molecule has 1 heterocycles. The van der Waals surface area contributed by atoms with E-state index in [1.807, 2.05) is 0 Å². The van der Waals surface area contributed by atoms with Crippen LogP contribution >= 0.6 is 23.4 Å². The molecule has 8 nitrogen and oxygen atoms in total. The number of hydrogen-bond donors (Lipinski definition) is 2. The summed E-state index contributed by atoms with van der Waals surface area (Å²) in [5.74, 6) is -0.586. The molecular weight excluding hydrogens is 481 g/mol. The molecule has 0 fully saturated rings. The van der Waals surface area contributed by atoms with Gasteiger partial charge in [0.25, 0.3) is 5.56 Å². The van der Waals surface area contributed by atoms with Crippen LogP contribution in [0.3, 0.4) is 0 Å². The van der Waals surface area contributed by atoms with Crippen molar-refractivity contribution in [2.24, 2.45) is 0 Å². The number of aryl methyl sites for hydroxylation is 1. The van der Waals surface area contributed by atoms with Crippen molar-refractivity contribution >= 4 is 44.8 Å². The molecule has 0 saturated carbocycles. The lowest BCUT2D eigenvalue weighted by Gasteiger charge is -2.08. The molecule has 0 aliphatic carbocycles. The first-order chi connectivity index (χ1) is 15.1. The van der Waals surface area contributed by atoms with Crippen LogP contribution in [0.25, 0.3) is 0 Å². The highest BCUT2D eigenvalue weighted by Crippen LogP contribution is 2.27. The number of rotatable bonds is 7. The number of nitrogens with zero attached hydrogens (tertiary/aromatic N) is 1.